The summed E-state index contributed by atoms with van der Waals surface area (Å²) in [6.45, 7) is 0. The van der Waals surface area contributed by atoms with Gasteiger partial charge in [0.1, 0.15) is 0 Å². The average molecular weight is 449 g/mol. The van der Waals surface area contributed by atoms with Gasteiger partial charge in [-0.05, 0) is 51.0 Å². The Hall–Kier alpha value is -4.12. The standard InChI is InChI=1S/C31H20BNO2/c34-32(35)26-16-8-14-24-29(26)21-10-1-3-12-22(21)31(24)23-13-4-6-18-28(23)33-27-17-5-2-9-19(27)20-11-7-15-25(31)30(20)33/h1-18,34-35H. The third-order valence-electron chi connectivity index (χ3n) is 8.03. The molecule has 0 saturated heterocycles. The van der Waals surface area contributed by atoms with Gasteiger partial charge < -0.3 is 14.6 Å². The quantitative estimate of drug-likeness (QED) is 0.341. The van der Waals surface area contributed by atoms with Crippen LogP contribution in [-0.4, -0.2) is 21.7 Å². The molecular formula is C31H20BNO2. The van der Waals surface area contributed by atoms with E-state index in [4.69, 9.17) is 0 Å². The van der Waals surface area contributed by atoms with Gasteiger partial charge in [-0.1, -0.05) is 97.1 Å². The van der Waals surface area contributed by atoms with Crippen LogP contribution in [0.15, 0.2) is 109 Å². The van der Waals surface area contributed by atoms with Crippen molar-refractivity contribution in [1.82, 2.24) is 4.57 Å². The highest BCUT2D eigenvalue weighted by molar-refractivity contribution is 6.60. The van der Waals surface area contributed by atoms with Gasteiger partial charge in [0.15, 0.2) is 0 Å². The smallest absolute Gasteiger partial charge is 0.423 e. The summed E-state index contributed by atoms with van der Waals surface area (Å²) in [4.78, 5) is 0. The van der Waals surface area contributed by atoms with Gasteiger partial charge in [-0.3, -0.25) is 0 Å². The molecule has 0 bridgehead atoms. The second-order valence-electron chi connectivity index (χ2n) is 9.51. The molecule has 0 fully saturated rings. The summed E-state index contributed by atoms with van der Waals surface area (Å²) in [5.41, 5.74) is 10.2. The van der Waals surface area contributed by atoms with E-state index in [0.29, 0.717) is 5.46 Å². The Labute approximate surface area is 202 Å². The van der Waals surface area contributed by atoms with Crippen LogP contribution < -0.4 is 5.46 Å². The van der Waals surface area contributed by atoms with Crippen molar-refractivity contribution in [2.24, 2.45) is 0 Å². The highest BCUT2D eigenvalue weighted by atomic mass is 16.4. The fourth-order valence-electron chi connectivity index (χ4n) is 6.85. The molecule has 164 valence electrons. The van der Waals surface area contributed by atoms with Crippen molar-refractivity contribution in [2.45, 2.75) is 5.41 Å². The Morgan fingerprint density at radius 1 is 0.571 bits per heavy atom. The molecule has 4 heteroatoms. The molecule has 3 nitrogen and oxygen atoms in total. The molecule has 0 amide bonds. The number of benzene rings is 5. The number of hydrogen-bond donors (Lipinski definition) is 2. The molecular weight excluding hydrogens is 429 g/mol. The predicted molar refractivity (Wildman–Crippen MR) is 141 cm³/mol. The SMILES string of the molecule is OB(O)c1cccc2c1-c1ccccc1C21c2ccccc2-n2c3ccccc3c3cccc1c32. The molecule has 2 heterocycles. The maximum absolute atomic E-state index is 10.4. The molecule has 0 saturated carbocycles. The normalized spacial score (nSPS) is 17.0. The maximum Gasteiger partial charge on any atom is 0.489 e. The molecule has 1 spiro atoms. The second kappa shape index (κ2) is 6.51. The van der Waals surface area contributed by atoms with Crippen molar-refractivity contribution >= 4 is 34.4 Å². The van der Waals surface area contributed by atoms with Crippen molar-refractivity contribution in [2.75, 3.05) is 0 Å². The Morgan fingerprint density at radius 2 is 1.23 bits per heavy atom. The van der Waals surface area contributed by atoms with E-state index in [9.17, 15) is 10.0 Å². The molecule has 5 aromatic carbocycles. The Morgan fingerprint density at radius 3 is 2.11 bits per heavy atom. The van der Waals surface area contributed by atoms with Crippen LogP contribution in [0.3, 0.4) is 0 Å². The van der Waals surface area contributed by atoms with Crippen LogP contribution in [0.4, 0.5) is 0 Å². The lowest BCUT2D eigenvalue weighted by Crippen LogP contribution is -2.35. The first-order valence-corrected chi connectivity index (χ1v) is 11.9. The van der Waals surface area contributed by atoms with Gasteiger partial charge in [0, 0.05) is 10.8 Å². The minimum atomic E-state index is -1.55. The van der Waals surface area contributed by atoms with Crippen LogP contribution in [0, 0.1) is 0 Å². The van der Waals surface area contributed by atoms with E-state index in [1.807, 2.05) is 18.2 Å². The summed E-state index contributed by atoms with van der Waals surface area (Å²) in [5.74, 6) is 0. The van der Waals surface area contributed by atoms with E-state index in [0.717, 1.165) is 22.4 Å². The van der Waals surface area contributed by atoms with Crippen molar-refractivity contribution in [1.29, 1.82) is 0 Å². The Kier molecular flexibility index (Phi) is 3.57. The van der Waals surface area contributed by atoms with Crippen LogP contribution in [0.5, 0.6) is 0 Å². The lowest BCUT2D eigenvalue weighted by Gasteiger charge is -2.39. The van der Waals surface area contributed by atoms with Gasteiger partial charge >= 0.3 is 7.12 Å². The number of nitrogens with zero attached hydrogens (tertiary/aromatic N) is 1. The van der Waals surface area contributed by atoms with Gasteiger partial charge in [-0.25, -0.2) is 0 Å². The lowest BCUT2D eigenvalue weighted by atomic mass is 9.64. The Bertz CT molecular complexity index is 1850. The summed E-state index contributed by atoms with van der Waals surface area (Å²) in [6.07, 6.45) is 0. The van der Waals surface area contributed by atoms with Crippen LogP contribution in [0.1, 0.15) is 22.3 Å². The van der Waals surface area contributed by atoms with Crippen LogP contribution in [0.25, 0.3) is 38.6 Å². The van der Waals surface area contributed by atoms with Crippen LogP contribution in [-0.2, 0) is 5.41 Å². The fourth-order valence-corrected chi connectivity index (χ4v) is 6.85. The number of rotatable bonds is 1. The highest BCUT2D eigenvalue weighted by Crippen LogP contribution is 2.60. The zero-order valence-electron chi connectivity index (χ0n) is 18.8. The van der Waals surface area contributed by atoms with Gasteiger partial charge in [0.25, 0.3) is 0 Å². The second-order valence-corrected chi connectivity index (χ2v) is 9.51. The van der Waals surface area contributed by atoms with Gasteiger partial charge in [0.05, 0.1) is 22.1 Å². The minimum Gasteiger partial charge on any atom is -0.423 e. The largest absolute Gasteiger partial charge is 0.489 e. The lowest BCUT2D eigenvalue weighted by molar-refractivity contribution is 0.426. The zero-order valence-corrected chi connectivity index (χ0v) is 18.8. The van der Waals surface area contributed by atoms with Crippen LogP contribution >= 0.6 is 0 Å². The summed E-state index contributed by atoms with van der Waals surface area (Å²) in [6, 6.07) is 38.3. The number of aromatic nitrogens is 1. The first-order chi connectivity index (χ1) is 17.2. The molecule has 1 aromatic heterocycles. The Balaban J connectivity index is 1.68. The van der Waals surface area contributed by atoms with Gasteiger partial charge in [-0.2, -0.15) is 0 Å². The van der Waals surface area contributed by atoms with Crippen molar-refractivity contribution in [3.63, 3.8) is 0 Å². The van der Waals surface area contributed by atoms with E-state index >= 15 is 0 Å². The summed E-state index contributed by atoms with van der Waals surface area (Å²) in [5, 5.41) is 23.2. The molecule has 35 heavy (non-hydrogen) atoms. The number of para-hydroxylation sites is 3. The molecule has 1 atom stereocenters. The topological polar surface area (TPSA) is 45.4 Å². The van der Waals surface area contributed by atoms with E-state index < -0.39 is 12.5 Å². The molecule has 2 N–H and O–H groups in total. The van der Waals surface area contributed by atoms with E-state index in [1.54, 1.807) is 0 Å². The van der Waals surface area contributed by atoms with Crippen LogP contribution in [0.2, 0.25) is 0 Å². The number of fused-ring (bicyclic) bond motifs is 12. The first-order valence-electron chi connectivity index (χ1n) is 11.9. The molecule has 0 radical (unpaired) electrons. The molecule has 1 unspecified atom stereocenters. The summed E-state index contributed by atoms with van der Waals surface area (Å²) in [7, 11) is -1.55. The van der Waals surface area contributed by atoms with Crippen molar-refractivity contribution in [3.8, 4) is 16.8 Å². The molecule has 8 rings (SSSR count). The van der Waals surface area contributed by atoms with E-state index in [-0.39, 0.29) is 0 Å². The third-order valence-corrected chi connectivity index (χ3v) is 8.03. The maximum atomic E-state index is 10.4. The predicted octanol–water partition coefficient (Wildman–Crippen LogP) is 5.14. The average Bonchev–Trinajstić information content (AvgIpc) is 3.40. The fraction of sp³-hybridized carbons (Fsp3) is 0.0323. The van der Waals surface area contributed by atoms with Gasteiger partial charge in [0.2, 0.25) is 0 Å². The monoisotopic (exact) mass is 449 g/mol. The summed E-state index contributed by atoms with van der Waals surface area (Å²) < 4.78 is 2.41. The molecule has 6 aromatic rings. The number of hydrogen-bond acceptors (Lipinski definition) is 2. The third kappa shape index (κ3) is 2.11. The molecule has 1 aliphatic heterocycles. The molecule has 2 aliphatic rings. The summed E-state index contributed by atoms with van der Waals surface area (Å²) >= 11 is 0. The van der Waals surface area contributed by atoms with Crippen molar-refractivity contribution in [3.05, 3.63) is 131 Å². The first kappa shape index (κ1) is 19.2. The highest BCUT2D eigenvalue weighted by Gasteiger charge is 2.51. The van der Waals surface area contributed by atoms with Crippen molar-refractivity contribution < 1.29 is 10.0 Å². The zero-order chi connectivity index (χ0) is 23.3. The van der Waals surface area contributed by atoms with Gasteiger partial charge in [-0.15, -0.1) is 0 Å². The van der Waals surface area contributed by atoms with E-state index in [1.165, 1.54) is 38.5 Å². The van der Waals surface area contributed by atoms with E-state index in [2.05, 4.69) is 95.6 Å². The molecule has 1 aliphatic carbocycles. The minimum absolute atomic E-state index is 0.544.